The van der Waals surface area contributed by atoms with E-state index in [1.807, 2.05) is 65.0 Å². The van der Waals surface area contributed by atoms with E-state index in [4.69, 9.17) is 14.2 Å². The van der Waals surface area contributed by atoms with Crippen LogP contribution >= 0.6 is 0 Å². The van der Waals surface area contributed by atoms with Gasteiger partial charge in [-0.3, -0.25) is 4.90 Å². The van der Waals surface area contributed by atoms with Crippen molar-refractivity contribution in [3.63, 3.8) is 0 Å². The lowest BCUT2D eigenvalue weighted by atomic mass is 10.1. The molecule has 1 atom stereocenters. The molecule has 0 N–H and O–H groups in total. The lowest BCUT2D eigenvalue weighted by Crippen LogP contribution is -2.53. The minimum atomic E-state index is -0.805. The second-order valence-electron chi connectivity index (χ2n) is 9.47. The molecule has 0 bridgehead atoms. The zero-order chi connectivity index (χ0) is 23.5. The summed E-state index contributed by atoms with van der Waals surface area (Å²) in [6.45, 7) is 10.6. The predicted octanol–water partition coefficient (Wildman–Crippen LogP) is 5.21. The Labute approximate surface area is 189 Å². The number of amides is 1. The molecule has 0 saturated carbocycles. The third kappa shape index (κ3) is 5.91. The van der Waals surface area contributed by atoms with Gasteiger partial charge in [-0.1, -0.05) is 18.2 Å². The van der Waals surface area contributed by atoms with Crippen LogP contribution < -0.4 is 9.64 Å². The molecule has 6 nitrogen and oxygen atoms in total. The van der Waals surface area contributed by atoms with E-state index in [1.165, 1.54) is 12.1 Å². The van der Waals surface area contributed by atoms with Gasteiger partial charge in [-0.15, -0.1) is 0 Å². The number of hydrogen-bond acceptors (Lipinski definition) is 5. The topological polar surface area (TPSA) is 51.2 Å². The average molecular weight is 445 g/mol. The molecule has 1 aliphatic rings. The Kier molecular flexibility index (Phi) is 6.98. The number of carbonyl (C=O) groups excluding carboxylic acids is 1. The van der Waals surface area contributed by atoms with Crippen molar-refractivity contribution in [2.45, 2.75) is 58.5 Å². The molecule has 1 heterocycles. The molecule has 1 saturated heterocycles. The molecule has 2 aromatic rings. The van der Waals surface area contributed by atoms with Crippen LogP contribution in [0.5, 0.6) is 5.75 Å². The maximum atomic E-state index is 14.0. The van der Waals surface area contributed by atoms with Crippen molar-refractivity contribution in [3.8, 4) is 5.75 Å². The lowest BCUT2D eigenvalue weighted by Gasteiger charge is -2.37. The van der Waals surface area contributed by atoms with Gasteiger partial charge >= 0.3 is 6.09 Å². The number of carbonyl (C=O) groups is 1. The minimum absolute atomic E-state index is 0.263. The van der Waals surface area contributed by atoms with E-state index in [1.54, 1.807) is 18.1 Å². The standard InChI is InChI=1S/C25H33FN2O4/c1-24(2,3)32-23(29)28-21(17-31-25(28,4)5)16-27(20-9-7-8-19(26)14-20)15-18-10-12-22(30-6)13-11-18/h7-14,21H,15-17H2,1-6H3. The number of methoxy groups -OCH3 is 1. The first-order valence-corrected chi connectivity index (χ1v) is 10.8. The van der Waals surface area contributed by atoms with Crippen molar-refractivity contribution >= 4 is 11.8 Å². The Morgan fingerprint density at radius 3 is 2.50 bits per heavy atom. The highest BCUT2D eigenvalue weighted by molar-refractivity contribution is 5.70. The number of hydrogen-bond donors (Lipinski definition) is 0. The molecule has 32 heavy (non-hydrogen) atoms. The molecular weight excluding hydrogens is 411 g/mol. The zero-order valence-electron chi connectivity index (χ0n) is 19.7. The largest absolute Gasteiger partial charge is 0.497 e. The molecule has 3 rings (SSSR count). The summed E-state index contributed by atoms with van der Waals surface area (Å²) in [6.07, 6.45) is -0.423. The van der Waals surface area contributed by atoms with Crippen LogP contribution in [0.25, 0.3) is 0 Å². The van der Waals surface area contributed by atoms with E-state index >= 15 is 0 Å². The van der Waals surface area contributed by atoms with Crippen molar-refractivity contribution in [3.05, 3.63) is 59.9 Å². The van der Waals surface area contributed by atoms with Crippen molar-refractivity contribution in [1.82, 2.24) is 4.90 Å². The molecule has 7 heteroatoms. The fourth-order valence-electron chi connectivity index (χ4n) is 3.84. The molecule has 0 aromatic heterocycles. The first kappa shape index (κ1) is 23.9. The van der Waals surface area contributed by atoms with Gasteiger partial charge in [0.2, 0.25) is 0 Å². The Morgan fingerprint density at radius 1 is 1.22 bits per heavy atom. The van der Waals surface area contributed by atoms with E-state index in [0.29, 0.717) is 19.7 Å². The molecule has 1 fully saturated rings. The molecule has 1 unspecified atom stereocenters. The molecular formula is C25H33FN2O4. The Balaban J connectivity index is 1.87. The van der Waals surface area contributed by atoms with Gasteiger partial charge in [-0.2, -0.15) is 0 Å². The van der Waals surface area contributed by atoms with Gasteiger partial charge in [-0.25, -0.2) is 9.18 Å². The normalized spacial score (nSPS) is 17.8. The molecule has 174 valence electrons. The number of ether oxygens (including phenoxy) is 3. The summed E-state index contributed by atoms with van der Waals surface area (Å²) >= 11 is 0. The van der Waals surface area contributed by atoms with Gasteiger partial charge < -0.3 is 19.1 Å². The van der Waals surface area contributed by atoms with Gasteiger partial charge in [0.15, 0.2) is 0 Å². The number of halogens is 1. The van der Waals surface area contributed by atoms with E-state index in [9.17, 15) is 9.18 Å². The highest BCUT2D eigenvalue weighted by Gasteiger charge is 2.46. The quantitative estimate of drug-likeness (QED) is 0.612. The van der Waals surface area contributed by atoms with Crippen molar-refractivity contribution in [2.24, 2.45) is 0 Å². The summed E-state index contributed by atoms with van der Waals surface area (Å²) in [6, 6.07) is 14.0. The highest BCUT2D eigenvalue weighted by Crippen LogP contribution is 2.31. The maximum Gasteiger partial charge on any atom is 0.412 e. The van der Waals surface area contributed by atoms with Crippen LogP contribution in [-0.4, -0.2) is 48.6 Å². The van der Waals surface area contributed by atoms with Crippen LogP contribution in [0, 0.1) is 5.82 Å². The predicted molar refractivity (Wildman–Crippen MR) is 122 cm³/mol. The van der Waals surface area contributed by atoms with Crippen molar-refractivity contribution < 1.29 is 23.4 Å². The Bertz CT molecular complexity index is 924. The van der Waals surface area contributed by atoms with Crippen LogP contribution in [0.1, 0.15) is 40.2 Å². The van der Waals surface area contributed by atoms with Crippen LogP contribution in [-0.2, 0) is 16.0 Å². The minimum Gasteiger partial charge on any atom is -0.497 e. The second kappa shape index (κ2) is 9.36. The fourth-order valence-corrected chi connectivity index (χ4v) is 3.84. The lowest BCUT2D eigenvalue weighted by molar-refractivity contribution is -0.0621. The molecule has 1 aliphatic heterocycles. The maximum absolute atomic E-state index is 14.0. The Hall–Kier alpha value is -2.80. The van der Waals surface area contributed by atoms with Crippen molar-refractivity contribution in [1.29, 1.82) is 0 Å². The molecule has 0 aliphatic carbocycles. The smallest absolute Gasteiger partial charge is 0.412 e. The first-order valence-electron chi connectivity index (χ1n) is 10.8. The van der Waals surface area contributed by atoms with Crippen molar-refractivity contribution in [2.75, 3.05) is 25.2 Å². The number of benzene rings is 2. The summed E-state index contributed by atoms with van der Waals surface area (Å²) in [7, 11) is 1.63. The van der Waals surface area contributed by atoms with E-state index in [-0.39, 0.29) is 11.9 Å². The average Bonchev–Trinajstić information content (AvgIpc) is 3.00. The Morgan fingerprint density at radius 2 is 1.91 bits per heavy atom. The van der Waals surface area contributed by atoms with Crippen LogP contribution in [0.3, 0.4) is 0 Å². The van der Waals surface area contributed by atoms with Crippen LogP contribution in [0.2, 0.25) is 0 Å². The monoisotopic (exact) mass is 444 g/mol. The number of rotatable bonds is 6. The van der Waals surface area contributed by atoms with Gasteiger partial charge in [-0.05, 0) is 70.5 Å². The van der Waals surface area contributed by atoms with E-state index in [2.05, 4.69) is 4.90 Å². The van der Waals surface area contributed by atoms with E-state index < -0.39 is 17.4 Å². The summed E-state index contributed by atoms with van der Waals surface area (Å²) in [5.74, 6) is 0.460. The first-order chi connectivity index (χ1) is 15.0. The summed E-state index contributed by atoms with van der Waals surface area (Å²) in [5.41, 5.74) is 0.346. The third-order valence-electron chi connectivity index (χ3n) is 5.30. The zero-order valence-corrected chi connectivity index (χ0v) is 19.7. The second-order valence-corrected chi connectivity index (χ2v) is 9.47. The van der Waals surface area contributed by atoms with Gasteiger partial charge in [0.1, 0.15) is 22.9 Å². The summed E-state index contributed by atoms with van der Waals surface area (Å²) in [5, 5.41) is 0. The van der Waals surface area contributed by atoms with Gasteiger partial charge in [0, 0.05) is 18.8 Å². The molecule has 2 aromatic carbocycles. The number of anilines is 1. The number of nitrogens with zero attached hydrogens (tertiary/aromatic N) is 2. The van der Waals surface area contributed by atoms with Crippen LogP contribution in [0.4, 0.5) is 14.9 Å². The van der Waals surface area contributed by atoms with Gasteiger partial charge in [0.25, 0.3) is 0 Å². The van der Waals surface area contributed by atoms with Gasteiger partial charge in [0.05, 0.1) is 19.8 Å². The third-order valence-corrected chi connectivity index (χ3v) is 5.30. The van der Waals surface area contributed by atoms with E-state index in [0.717, 1.165) is 17.0 Å². The molecule has 0 radical (unpaired) electrons. The SMILES string of the molecule is COc1ccc(CN(CC2COC(C)(C)N2C(=O)OC(C)(C)C)c2cccc(F)c2)cc1. The molecule has 0 spiro atoms. The molecule has 1 amide bonds. The summed E-state index contributed by atoms with van der Waals surface area (Å²) < 4.78 is 30.9. The highest BCUT2D eigenvalue weighted by atomic mass is 19.1. The fraction of sp³-hybridized carbons (Fsp3) is 0.480. The van der Waals surface area contributed by atoms with Crippen LogP contribution in [0.15, 0.2) is 48.5 Å². The summed E-state index contributed by atoms with van der Waals surface area (Å²) in [4.78, 5) is 16.7.